The van der Waals surface area contributed by atoms with Crippen LogP contribution in [0.25, 0.3) is 0 Å². The van der Waals surface area contributed by atoms with E-state index in [0.29, 0.717) is 18.2 Å². The first-order valence-electron chi connectivity index (χ1n) is 9.17. The Balaban J connectivity index is 2.05. The Morgan fingerprint density at radius 3 is 2.52 bits per heavy atom. The number of amides is 1. The first-order chi connectivity index (χ1) is 12.0. The van der Waals surface area contributed by atoms with E-state index in [0.717, 1.165) is 6.54 Å². The van der Waals surface area contributed by atoms with Crippen LogP contribution in [0.2, 0.25) is 0 Å². The topological polar surface area (TPSA) is 47.3 Å². The van der Waals surface area contributed by atoms with Gasteiger partial charge in [-0.1, -0.05) is 19.3 Å². The quantitative estimate of drug-likeness (QED) is 0.751. The van der Waals surface area contributed by atoms with E-state index in [-0.39, 0.29) is 24.2 Å². The molecule has 136 valence electrons. The molecule has 0 spiro atoms. The number of hydrogen-bond acceptors (Lipinski definition) is 3. The van der Waals surface area contributed by atoms with Crippen molar-refractivity contribution in [3.63, 3.8) is 0 Å². The smallest absolute Gasteiger partial charge is 0.244 e. The largest absolute Gasteiger partial charge is 0.310 e. The molecule has 1 aliphatic carbocycles. The minimum atomic E-state index is -0.334. The Kier molecular flexibility index (Phi) is 7.39. The van der Waals surface area contributed by atoms with E-state index in [9.17, 15) is 9.18 Å². The molecule has 4 nitrogen and oxygen atoms in total. The molecule has 0 heterocycles. The lowest BCUT2D eigenvalue weighted by atomic mass is 9.89. The maximum Gasteiger partial charge on any atom is 0.244 e. The fourth-order valence-corrected chi connectivity index (χ4v) is 3.50. The van der Waals surface area contributed by atoms with Gasteiger partial charge in [0.1, 0.15) is 5.82 Å². The average molecular weight is 345 g/mol. The van der Waals surface area contributed by atoms with Crippen LogP contribution < -0.4 is 4.90 Å². The summed E-state index contributed by atoms with van der Waals surface area (Å²) >= 11 is 0. The van der Waals surface area contributed by atoms with Crippen molar-refractivity contribution >= 4 is 11.6 Å². The molecule has 1 fully saturated rings. The van der Waals surface area contributed by atoms with Gasteiger partial charge in [-0.05, 0) is 57.0 Å². The molecule has 0 N–H and O–H groups in total. The van der Waals surface area contributed by atoms with E-state index in [4.69, 9.17) is 5.26 Å². The van der Waals surface area contributed by atoms with Crippen molar-refractivity contribution in [2.45, 2.75) is 51.5 Å². The number of carbonyl (C=O) groups is 1. The van der Waals surface area contributed by atoms with Crippen LogP contribution in [-0.2, 0) is 4.79 Å². The van der Waals surface area contributed by atoms with Crippen LogP contribution in [0.1, 0.15) is 45.4 Å². The molecule has 1 amide bonds. The zero-order valence-corrected chi connectivity index (χ0v) is 15.2. The Morgan fingerprint density at radius 2 is 1.92 bits per heavy atom. The maximum absolute atomic E-state index is 13.2. The van der Waals surface area contributed by atoms with Gasteiger partial charge in [0.15, 0.2) is 0 Å². The fraction of sp³-hybridized carbons (Fsp3) is 0.600. The number of nitriles is 1. The highest BCUT2D eigenvalue weighted by molar-refractivity contribution is 5.96. The number of likely N-dealkylation sites (N-methyl/N-ethyl adjacent to an activating group) is 1. The summed E-state index contributed by atoms with van der Waals surface area (Å²) in [4.78, 5) is 16.7. The minimum absolute atomic E-state index is 0.0415. The molecule has 1 aromatic carbocycles. The zero-order chi connectivity index (χ0) is 18.2. The van der Waals surface area contributed by atoms with Crippen LogP contribution in [0.15, 0.2) is 24.3 Å². The van der Waals surface area contributed by atoms with Crippen LogP contribution in [0.3, 0.4) is 0 Å². The van der Waals surface area contributed by atoms with Crippen LogP contribution in [0.4, 0.5) is 10.1 Å². The summed E-state index contributed by atoms with van der Waals surface area (Å²) in [6, 6.07) is 7.70. The highest BCUT2D eigenvalue weighted by Gasteiger charge is 2.27. The normalized spacial score (nSPS) is 16.4. The molecule has 1 aliphatic rings. The molecule has 2 rings (SSSR count). The number of carbonyl (C=O) groups excluding carboxylic acids is 1. The number of hydrogen-bond donors (Lipinski definition) is 0. The molecule has 1 saturated carbocycles. The van der Waals surface area contributed by atoms with Gasteiger partial charge >= 0.3 is 0 Å². The second kappa shape index (κ2) is 9.53. The lowest BCUT2D eigenvalue weighted by molar-refractivity contribution is -0.123. The molecular weight excluding hydrogens is 317 g/mol. The van der Waals surface area contributed by atoms with Gasteiger partial charge in [0.2, 0.25) is 5.91 Å². The second-order valence-electron chi connectivity index (χ2n) is 6.99. The zero-order valence-electron chi connectivity index (χ0n) is 15.2. The Morgan fingerprint density at radius 1 is 1.28 bits per heavy atom. The third-order valence-corrected chi connectivity index (χ3v) is 5.14. The molecule has 0 aromatic heterocycles. The minimum Gasteiger partial charge on any atom is -0.310 e. The number of nitrogens with zero attached hydrogens (tertiary/aromatic N) is 3. The molecule has 0 bridgehead atoms. The van der Waals surface area contributed by atoms with Gasteiger partial charge in [-0.3, -0.25) is 9.69 Å². The SMILES string of the molecule is CC(C(=O)N(CCC#N)c1ccc(F)cc1)N(C)CC1CCCCC1. The predicted octanol–water partition coefficient (Wildman–Crippen LogP) is 3.97. The molecule has 0 aliphatic heterocycles. The average Bonchev–Trinajstić information content (AvgIpc) is 2.63. The van der Waals surface area contributed by atoms with Crippen molar-refractivity contribution < 1.29 is 9.18 Å². The van der Waals surface area contributed by atoms with Gasteiger partial charge in [0, 0.05) is 18.8 Å². The van der Waals surface area contributed by atoms with E-state index < -0.39 is 0 Å². The predicted molar refractivity (Wildman–Crippen MR) is 97.7 cm³/mol. The third kappa shape index (κ3) is 5.54. The molecule has 5 heteroatoms. The second-order valence-corrected chi connectivity index (χ2v) is 6.99. The third-order valence-electron chi connectivity index (χ3n) is 5.14. The number of benzene rings is 1. The van der Waals surface area contributed by atoms with Gasteiger partial charge in [-0.2, -0.15) is 5.26 Å². The highest BCUT2D eigenvalue weighted by Crippen LogP contribution is 2.25. The van der Waals surface area contributed by atoms with Crippen LogP contribution in [0, 0.1) is 23.1 Å². The molecular formula is C20H28FN3O. The van der Waals surface area contributed by atoms with E-state index in [2.05, 4.69) is 11.0 Å². The van der Waals surface area contributed by atoms with E-state index in [1.54, 1.807) is 17.0 Å². The van der Waals surface area contributed by atoms with Crippen LogP contribution in [0.5, 0.6) is 0 Å². The summed E-state index contributed by atoms with van der Waals surface area (Å²) in [5, 5.41) is 8.89. The summed E-state index contributed by atoms with van der Waals surface area (Å²) < 4.78 is 13.2. The van der Waals surface area contributed by atoms with Crippen LogP contribution in [-0.4, -0.2) is 37.0 Å². The molecule has 25 heavy (non-hydrogen) atoms. The Labute approximate surface area is 150 Å². The standard InChI is InChI=1S/C20H28FN3O/c1-16(23(2)15-17-7-4-3-5-8-17)20(25)24(14-6-13-22)19-11-9-18(21)10-12-19/h9-12,16-17H,3-8,14-15H2,1-2H3. The van der Waals surface area contributed by atoms with Gasteiger partial charge < -0.3 is 4.90 Å². The van der Waals surface area contributed by atoms with Crippen molar-refractivity contribution in [1.29, 1.82) is 5.26 Å². The molecule has 0 saturated heterocycles. The summed E-state index contributed by atoms with van der Waals surface area (Å²) in [6.45, 7) is 3.15. The first-order valence-corrected chi connectivity index (χ1v) is 9.17. The van der Waals surface area contributed by atoms with Crippen molar-refractivity contribution in [3.8, 4) is 6.07 Å². The molecule has 1 unspecified atom stereocenters. The van der Waals surface area contributed by atoms with Crippen molar-refractivity contribution in [1.82, 2.24) is 4.90 Å². The van der Waals surface area contributed by atoms with E-state index >= 15 is 0 Å². The lowest BCUT2D eigenvalue weighted by Gasteiger charge is -2.33. The monoisotopic (exact) mass is 345 g/mol. The summed E-state index contributed by atoms with van der Waals surface area (Å²) in [5.41, 5.74) is 0.638. The highest BCUT2D eigenvalue weighted by atomic mass is 19.1. The maximum atomic E-state index is 13.2. The number of rotatable bonds is 7. The van der Waals surface area contributed by atoms with Crippen LogP contribution >= 0.6 is 0 Å². The van der Waals surface area contributed by atoms with Crippen molar-refractivity contribution in [2.75, 3.05) is 25.0 Å². The lowest BCUT2D eigenvalue weighted by Crippen LogP contribution is -2.47. The fourth-order valence-electron chi connectivity index (χ4n) is 3.50. The summed E-state index contributed by atoms with van der Waals surface area (Å²) in [5.74, 6) is 0.284. The van der Waals surface area contributed by atoms with E-state index in [1.807, 2.05) is 14.0 Å². The van der Waals surface area contributed by atoms with Gasteiger partial charge in [0.25, 0.3) is 0 Å². The molecule has 1 atom stereocenters. The van der Waals surface area contributed by atoms with Crippen molar-refractivity contribution in [3.05, 3.63) is 30.1 Å². The van der Waals surface area contributed by atoms with Gasteiger partial charge in [0.05, 0.1) is 18.5 Å². The Bertz CT molecular complexity index is 590. The van der Waals surface area contributed by atoms with E-state index in [1.165, 1.54) is 44.2 Å². The van der Waals surface area contributed by atoms with Gasteiger partial charge in [-0.15, -0.1) is 0 Å². The molecule has 0 radical (unpaired) electrons. The first kappa shape index (κ1) is 19.4. The summed E-state index contributed by atoms with van der Waals surface area (Å²) in [6.07, 6.45) is 6.61. The Hall–Kier alpha value is -1.93. The van der Waals surface area contributed by atoms with Gasteiger partial charge in [-0.25, -0.2) is 4.39 Å². The number of anilines is 1. The number of halogens is 1. The van der Waals surface area contributed by atoms with Crippen molar-refractivity contribution in [2.24, 2.45) is 5.92 Å². The molecule has 1 aromatic rings. The summed E-state index contributed by atoms with van der Waals surface area (Å²) in [7, 11) is 1.99.